The Hall–Kier alpha value is -2.58. The summed E-state index contributed by atoms with van der Waals surface area (Å²) in [5.74, 6) is -0.194. The second-order valence-corrected chi connectivity index (χ2v) is 28.0. The van der Waals surface area contributed by atoms with Crippen molar-refractivity contribution in [2.75, 3.05) is 40.9 Å². The number of allylic oxidation sites excluding steroid dienone is 15. The van der Waals surface area contributed by atoms with Gasteiger partial charge in [-0.1, -0.05) is 361 Å². The van der Waals surface area contributed by atoms with Gasteiger partial charge in [-0.3, -0.25) is 9.36 Å². The predicted octanol–water partition coefficient (Wildman–Crippen LogP) is 23.8. The van der Waals surface area contributed by atoms with Crippen molar-refractivity contribution in [1.82, 2.24) is 5.32 Å². The Bertz CT molecular complexity index is 1760. The number of nitrogens with one attached hydrogen (secondary N) is 1. The van der Waals surface area contributed by atoms with Crippen molar-refractivity contribution < 1.29 is 32.9 Å². The third-order valence-corrected chi connectivity index (χ3v) is 17.8. The molecule has 8 nitrogen and oxygen atoms in total. The number of quaternary nitrogens is 1. The van der Waals surface area contributed by atoms with E-state index >= 15 is 0 Å². The lowest BCUT2D eigenvalue weighted by molar-refractivity contribution is -0.870. The van der Waals surface area contributed by atoms with Gasteiger partial charge in [0.05, 0.1) is 39.9 Å². The van der Waals surface area contributed by atoms with Gasteiger partial charge >= 0.3 is 0 Å². The first-order valence-electron chi connectivity index (χ1n) is 37.6. The summed E-state index contributed by atoms with van der Waals surface area (Å²) in [5.41, 5.74) is 0. The van der Waals surface area contributed by atoms with E-state index < -0.39 is 20.0 Å². The van der Waals surface area contributed by atoms with E-state index in [9.17, 15) is 19.4 Å². The monoisotopic (exact) mass is 1250 g/mol. The van der Waals surface area contributed by atoms with Crippen molar-refractivity contribution in [2.45, 2.75) is 360 Å². The number of phosphoric acid groups is 1. The van der Waals surface area contributed by atoms with Crippen LogP contribution in [0.5, 0.6) is 0 Å². The summed E-state index contributed by atoms with van der Waals surface area (Å²) in [6.07, 6.45) is 99.7. The quantitative estimate of drug-likeness (QED) is 0.0272. The average molecular weight is 1250 g/mol. The summed E-state index contributed by atoms with van der Waals surface area (Å²) in [4.78, 5) is 25.7. The summed E-state index contributed by atoms with van der Waals surface area (Å²) in [7, 11) is 1.27. The van der Waals surface area contributed by atoms with E-state index in [1.165, 1.54) is 244 Å². The van der Waals surface area contributed by atoms with Gasteiger partial charge in [0.25, 0.3) is 7.82 Å². The molecule has 0 radical (unpaired) electrons. The Balaban J connectivity index is 4.02. The Kier molecular flexibility index (Phi) is 66.8. The summed E-state index contributed by atoms with van der Waals surface area (Å²) in [5, 5.41) is 14.0. The van der Waals surface area contributed by atoms with Gasteiger partial charge in [0, 0.05) is 6.42 Å². The van der Waals surface area contributed by atoms with Crippen LogP contribution in [0, 0.1) is 0 Å². The summed E-state index contributed by atoms with van der Waals surface area (Å²) >= 11 is 0. The molecule has 0 aliphatic heterocycles. The van der Waals surface area contributed by atoms with Crippen LogP contribution < -0.4 is 10.2 Å². The molecular formula is C79H145N2O6P. The molecule has 3 unspecified atom stereocenters. The van der Waals surface area contributed by atoms with Gasteiger partial charge in [-0.05, 0) is 77.0 Å². The lowest BCUT2D eigenvalue weighted by Gasteiger charge is -2.29. The zero-order chi connectivity index (χ0) is 64.1. The Labute approximate surface area is 547 Å². The number of hydrogen-bond donors (Lipinski definition) is 2. The van der Waals surface area contributed by atoms with Crippen LogP contribution in [0.15, 0.2) is 97.2 Å². The molecule has 2 N–H and O–H groups in total. The van der Waals surface area contributed by atoms with Gasteiger partial charge in [-0.15, -0.1) is 0 Å². The second-order valence-electron chi connectivity index (χ2n) is 26.6. The number of aliphatic hydroxyl groups excluding tert-OH is 1. The van der Waals surface area contributed by atoms with Gasteiger partial charge in [-0.25, -0.2) is 0 Å². The molecule has 0 aromatic heterocycles. The molecule has 0 aromatic carbocycles. The van der Waals surface area contributed by atoms with Gasteiger partial charge in [0.2, 0.25) is 5.91 Å². The maximum Gasteiger partial charge on any atom is 0.268 e. The normalized spacial score (nSPS) is 14.1. The van der Waals surface area contributed by atoms with E-state index in [-0.39, 0.29) is 19.1 Å². The fourth-order valence-corrected chi connectivity index (χ4v) is 11.7. The number of unbranched alkanes of at least 4 members (excludes halogenated alkanes) is 42. The van der Waals surface area contributed by atoms with Gasteiger partial charge in [0.15, 0.2) is 0 Å². The summed E-state index contributed by atoms with van der Waals surface area (Å²) in [6.45, 7) is 4.58. The molecule has 0 saturated carbocycles. The molecule has 0 aliphatic rings. The highest BCUT2D eigenvalue weighted by Gasteiger charge is 2.23. The molecule has 0 saturated heterocycles. The number of aliphatic hydroxyl groups is 1. The van der Waals surface area contributed by atoms with E-state index in [2.05, 4.69) is 104 Å². The minimum absolute atomic E-state index is 0.00226. The van der Waals surface area contributed by atoms with E-state index in [0.717, 1.165) is 83.5 Å². The van der Waals surface area contributed by atoms with Crippen molar-refractivity contribution >= 4 is 13.7 Å². The van der Waals surface area contributed by atoms with E-state index in [1.807, 2.05) is 27.2 Å². The number of carbonyl (C=O) groups excluding carboxylic acids is 1. The lowest BCUT2D eigenvalue weighted by Crippen LogP contribution is -2.45. The van der Waals surface area contributed by atoms with Crippen LogP contribution in [0.25, 0.3) is 0 Å². The molecular weight excluding hydrogens is 1100 g/mol. The smallest absolute Gasteiger partial charge is 0.268 e. The van der Waals surface area contributed by atoms with Crippen molar-refractivity contribution in [1.29, 1.82) is 0 Å². The minimum Gasteiger partial charge on any atom is -0.756 e. The molecule has 0 aliphatic carbocycles. The predicted molar refractivity (Wildman–Crippen MR) is 385 cm³/mol. The standard InChI is InChI=1S/C79H145N2O6P/c1-6-8-10-12-14-16-18-20-22-24-26-28-30-32-34-35-36-37-38-39-40-41-42-43-44-45-47-49-51-53-55-57-59-61-63-65-67-69-71-73-79(83)80-77(76-87-88(84,85)86-75-74-81(3,4)5)78(82)72-70-68-66-64-62-60-58-56-54-52-50-48-46-33-31-29-27-25-23-21-19-17-15-13-11-9-7-2/h8,10,14,16,20,22,26,28,32,34,36-37,39-40,70,72,77-78,82H,6-7,9,11-13,15,17-19,21,23-25,27,29-31,33,35,38,41-69,71,73-76H2,1-5H3,(H-,80,83,84,85)/b10-8-,16-14-,22-20-,28-26-,34-32-,37-36-,40-39-,72-70+. The minimum atomic E-state index is -4.61. The van der Waals surface area contributed by atoms with Crippen LogP contribution >= 0.6 is 7.82 Å². The van der Waals surface area contributed by atoms with Crippen LogP contribution in [0.2, 0.25) is 0 Å². The van der Waals surface area contributed by atoms with Crippen molar-refractivity contribution in [2.24, 2.45) is 0 Å². The average Bonchev–Trinajstić information content (AvgIpc) is 3.70. The SMILES string of the molecule is CC/C=C\C/C=C\C/C=C\C/C=C\C/C=C\C/C=C\C/C=C\CCCCCCCCCCCCCCCCCCCC(=O)NC(COP(=O)([O-])OCC[N+](C)(C)C)C(O)/C=C/CCCCCCCCCCCCCCCCCCCCCCCCCCC. The van der Waals surface area contributed by atoms with Crippen molar-refractivity contribution in [3.05, 3.63) is 97.2 Å². The zero-order valence-corrected chi connectivity index (χ0v) is 59.6. The van der Waals surface area contributed by atoms with Crippen LogP contribution in [0.3, 0.4) is 0 Å². The number of amides is 1. The molecule has 0 bridgehead atoms. The van der Waals surface area contributed by atoms with E-state index in [4.69, 9.17) is 9.05 Å². The van der Waals surface area contributed by atoms with Crippen LogP contribution in [-0.4, -0.2) is 68.5 Å². The number of rotatable bonds is 69. The number of likely N-dealkylation sites (N-methyl/N-ethyl adjacent to an activating group) is 1. The first-order valence-corrected chi connectivity index (χ1v) is 39.1. The van der Waals surface area contributed by atoms with Gasteiger partial charge < -0.3 is 28.8 Å². The first kappa shape index (κ1) is 85.4. The topological polar surface area (TPSA) is 108 Å². The largest absolute Gasteiger partial charge is 0.756 e. The number of nitrogens with zero attached hydrogens (tertiary/aromatic N) is 1. The highest BCUT2D eigenvalue weighted by molar-refractivity contribution is 7.45. The molecule has 88 heavy (non-hydrogen) atoms. The summed E-state index contributed by atoms with van der Waals surface area (Å²) in [6, 6.07) is -0.892. The van der Waals surface area contributed by atoms with Gasteiger partial charge in [-0.2, -0.15) is 0 Å². The highest BCUT2D eigenvalue weighted by atomic mass is 31.2. The second kappa shape index (κ2) is 68.8. The first-order chi connectivity index (χ1) is 43.0. The third-order valence-electron chi connectivity index (χ3n) is 16.8. The molecule has 0 aromatic rings. The zero-order valence-electron chi connectivity index (χ0n) is 58.7. The molecule has 1 amide bonds. The molecule has 9 heteroatoms. The molecule has 512 valence electrons. The van der Waals surface area contributed by atoms with Crippen molar-refractivity contribution in [3.8, 4) is 0 Å². The van der Waals surface area contributed by atoms with Crippen LogP contribution in [-0.2, 0) is 18.4 Å². The molecule has 3 atom stereocenters. The molecule has 0 heterocycles. The number of hydrogen-bond acceptors (Lipinski definition) is 6. The molecule has 0 spiro atoms. The molecule has 0 fully saturated rings. The maximum atomic E-state index is 13.1. The van der Waals surface area contributed by atoms with Crippen molar-refractivity contribution in [3.63, 3.8) is 0 Å². The third kappa shape index (κ3) is 70.9. The Morgan fingerprint density at radius 1 is 0.409 bits per heavy atom. The number of phosphoric ester groups is 1. The van der Waals surface area contributed by atoms with Crippen LogP contribution in [0.4, 0.5) is 0 Å². The summed E-state index contributed by atoms with van der Waals surface area (Å²) < 4.78 is 23.5. The van der Waals surface area contributed by atoms with Crippen LogP contribution in [0.1, 0.15) is 348 Å². The maximum absolute atomic E-state index is 13.1. The van der Waals surface area contributed by atoms with E-state index in [0.29, 0.717) is 17.4 Å². The van der Waals surface area contributed by atoms with Gasteiger partial charge in [0.1, 0.15) is 13.2 Å². The fourth-order valence-electron chi connectivity index (χ4n) is 11.0. The Morgan fingerprint density at radius 3 is 1.01 bits per heavy atom. The lowest BCUT2D eigenvalue weighted by atomic mass is 10.0. The molecule has 0 rings (SSSR count). The Morgan fingerprint density at radius 2 is 0.693 bits per heavy atom. The highest BCUT2D eigenvalue weighted by Crippen LogP contribution is 2.38. The van der Waals surface area contributed by atoms with E-state index in [1.54, 1.807) is 6.08 Å². The fraction of sp³-hybridized carbons (Fsp3) is 0.785. The number of carbonyl (C=O) groups is 1.